The minimum Gasteiger partial charge on any atom is -0.501 e. The molecular formula is C38H32GeIrN2O-2. The van der Waals surface area contributed by atoms with E-state index in [0.717, 1.165) is 50.0 Å². The van der Waals surface area contributed by atoms with Gasteiger partial charge in [0.05, 0.1) is 5.58 Å². The van der Waals surface area contributed by atoms with Crippen molar-refractivity contribution in [1.29, 1.82) is 0 Å². The Morgan fingerprint density at radius 2 is 1.47 bits per heavy atom. The molecule has 1 radical (unpaired) electrons. The largest absolute Gasteiger partial charge is 0.501 e. The Morgan fingerprint density at radius 3 is 2.16 bits per heavy atom. The van der Waals surface area contributed by atoms with E-state index in [1.807, 2.05) is 60.7 Å². The van der Waals surface area contributed by atoms with Gasteiger partial charge >= 0.3 is 106 Å². The molecule has 0 aliphatic heterocycles. The molecule has 4 aromatic carbocycles. The first kappa shape index (κ1) is 30.6. The van der Waals surface area contributed by atoms with Crippen LogP contribution in [0.2, 0.25) is 17.3 Å². The van der Waals surface area contributed by atoms with E-state index >= 15 is 0 Å². The number of furan rings is 1. The number of hydrogen-bond donors (Lipinski definition) is 0. The summed E-state index contributed by atoms with van der Waals surface area (Å²) in [5, 5.41) is 2.20. The number of fused-ring (bicyclic) bond motifs is 3. The Bertz CT molecular complexity index is 1970. The minimum absolute atomic E-state index is 0. The maximum Gasteiger partial charge on any atom is 0.121 e. The van der Waals surface area contributed by atoms with Crippen molar-refractivity contribution in [2.24, 2.45) is 0 Å². The van der Waals surface area contributed by atoms with Gasteiger partial charge < -0.3 is 9.40 Å². The molecule has 0 atom stereocenters. The molecule has 215 valence electrons. The smallest absolute Gasteiger partial charge is 0.121 e. The maximum absolute atomic E-state index is 6.23. The van der Waals surface area contributed by atoms with Crippen LogP contribution in [0, 0.1) is 19.1 Å². The van der Waals surface area contributed by atoms with Crippen LogP contribution in [0.4, 0.5) is 0 Å². The Hall–Kier alpha value is -3.83. The van der Waals surface area contributed by atoms with E-state index in [2.05, 4.69) is 101 Å². The van der Waals surface area contributed by atoms with E-state index in [0.29, 0.717) is 0 Å². The third-order valence-electron chi connectivity index (χ3n) is 7.37. The predicted octanol–water partition coefficient (Wildman–Crippen LogP) is 9.52. The molecular weight excluding hydrogens is 765 g/mol. The summed E-state index contributed by atoms with van der Waals surface area (Å²) in [6, 6.07) is 43.3. The van der Waals surface area contributed by atoms with Crippen LogP contribution in [0.5, 0.6) is 0 Å². The number of pyridine rings is 2. The van der Waals surface area contributed by atoms with Gasteiger partial charge in [-0.1, -0.05) is 65.5 Å². The summed E-state index contributed by atoms with van der Waals surface area (Å²) < 4.78 is 7.72. The Balaban J connectivity index is 0.000000180. The SMILES string of the molecule is Cc1cc(-c2[c-]cccc2)nc[c]1[Ge]([CH3])([CH3])[CH3].[Ir].[c-]1ccc2c(oc3cc(-c4ccccc4)ccc32)c1-c1ccccn1. The summed E-state index contributed by atoms with van der Waals surface area (Å²) >= 11 is -1.77. The predicted molar refractivity (Wildman–Crippen MR) is 177 cm³/mol. The zero-order valence-electron chi connectivity index (χ0n) is 24.7. The number of aromatic nitrogens is 2. The van der Waals surface area contributed by atoms with E-state index in [9.17, 15) is 0 Å². The normalized spacial score (nSPS) is 11.1. The van der Waals surface area contributed by atoms with Crippen LogP contribution in [0.15, 0.2) is 126 Å². The summed E-state index contributed by atoms with van der Waals surface area (Å²) in [6.45, 7) is 2.19. The summed E-state index contributed by atoms with van der Waals surface area (Å²) in [5.41, 5.74) is 9.29. The second-order valence-corrected chi connectivity index (χ2v) is 22.0. The standard InChI is InChI=1S/C23H14NO.C15H18GeN.Ir/c1-2-7-16(8-3-1)17-12-13-18-19-9-6-10-20(21-11-4-5-14-24-21)23(19)25-22(18)15-17;1-12-10-15(13-8-6-5-7-9-13)17-11-14(12)16(2,3)4;/h1-9,11-15H;5-8,10-11H,1-4H3;/q2*-1;. The van der Waals surface area contributed by atoms with Gasteiger partial charge in [0.2, 0.25) is 0 Å². The molecule has 0 saturated heterocycles. The topological polar surface area (TPSA) is 38.9 Å². The van der Waals surface area contributed by atoms with Gasteiger partial charge in [0, 0.05) is 31.7 Å². The Morgan fingerprint density at radius 1 is 0.674 bits per heavy atom. The molecule has 0 bridgehead atoms. The van der Waals surface area contributed by atoms with Crippen molar-refractivity contribution in [2.45, 2.75) is 24.2 Å². The van der Waals surface area contributed by atoms with Crippen molar-refractivity contribution in [3.05, 3.63) is 139 Å². The quantitative estimate of drug-likeness (QED) is 0.132. The Kier molecular flexibility index (Phi) is 9.41. The third-order valence-corrected chi connectivity index (χ3v) is 11.9. The molecule has 0 amide bonds. The van der Waals surface area contributed by atoms with Crippen molar-refractivity contribution < 1.29 is 24.5 Å². The van der Waals surface area contributed by atoms with E-state index in [1.165, 1.54) is 15.5 Å². The van der Waals surface area contributed by atoms with Crippen LogP contribution in [0.25, 0.3) is 55.6 Å². The molecule has 3 aromatic heterocycles. The number of benzene rings is 4. The molecule has 0 aliphatic carbocycles. The van der Waals surface area contributed by atoms with Crippen molar-refractivity contribution in [3.8, 4) is 33.6 Å². The Labute approximate surface area is 269 Å². The van der Waals surface area contributed by atoms with Crippen LogP contribution in [0.3, 0.4) is 0 Å². The van der Waals surface area contributed by atoms with Crippen LogP contribution in [-0.4, -0.2) is 23.2 Å². The van der Waals surface area contributed by atoms with Gasteiger partial charge in [-0.05, 0) is 29.0 Å². The van der Waals surface area contributed by atoms with Gasteiger partial charge in [-0.2, -0.15) is 0 Å². The monoisotopic (exact) mass is 799 g/mol. The summed E-state index contributed by atoms with van der Waals surface area (Å²) in [5.74, 6) is 7.20. The molecule has 0 fully saturated rings. The van der Waals surface area contributed by atoms with Crippen LogP contribution < -0.4 is 4.40 Å². The molecule has 3 nitrogen and oxygen atoms in total. The first-order chi connectivity index (χ1) is 20.4. The van der Waals surface area contributed by atoms with Crippen molar-refractivity contribution in [3.63, 3.8) is 0 Å². The first-order valence-electron chi connectivity index (χ1n) is 14.2. The molecule has 0 spiro atoms. The van der Waals surface area contributed by atoms with E-state index in [4.69, 9.17) is 4.42 Å². The van der Waals surface area contributed by atoms with Gasteiger partial charge in [-0.3, -0.25) is 0 Å². The second-order valence-electron chi connectivity index (χ2n) is 11.4. The average Bonchev–Trinajstić information content (AvgIpc) is 3.40. The zero-order chi connectivity index (χ0) is 29.1. The molecule has 0 unspecified atom stereocenters. The maximum atomic E-state index is 6.23. The van der Waals surface area contributed by atoms with Gasteiger partial charge in [-0.15, -0.1) is 18.2 Å². The van der Waals surface area contributed by atoms with Crippen LogP contribution in [-0.2, 0) is 20.1 Å². The molecule has 5 heteroatoms. The fraction of sp³-hybridized carbons (Fsp3) is 0.105. The minimum atomic E-state index is -1.77. The molecule has 0 aliphatic rings. The summed E-state index contributed by atoms with van der Waals surface area (Å²) in [6.07, 6.45) is 3.86. The number of rotatable bonds is 4. The van der Waals surface area contributed by atoms with Crippen LogP contribution >= 0.6 is 0 Å². The van der Waals surface area contributed by atoms with Gasteiger partial charge in [0.25, 0.3) is 0 Å². The van der Waals surface area contributed by atoms with Gasteiger partial charge in [0.1, 0.15) is 5.58 Å². The van der Waals surface area contributed by atoms with E-state index < -0.39 is 13.3 Å². The van der Waals surface area contributed by atoms with E-state index in [-0.39, 0.29) is 20.1 Å². The molecule has 43 heavy (non-hydrogen) atoms. The zero-order valence-corrected chi connectivity index (χ0v) is 29.2. The molecule has 7 rings (SSSR count). The van der Waals surface area contributed by atoms with E-state index in [1.54, 1.807) is 6.20 Å². The second kappa shape index (κ2) is 13.2. The van der Waals surface area contributed by atoms with Crippen LogP contribution in [0.1, 0.15) is 5.56 Å². The average molecular weight is 798 g/mol. The molecule has 3 heterocycles. The van der Waals surface area contributed by atoms with Crippen molar-refractivity contribution in [1.82, 2.24) is 9.97 Å². The molecule has 0 N–H and O–H groups in total. The number of hydrogen-bond acceptors (Lipinski definition) is 3. The van der Waals surface area contributed by atoms with Crippen molar-refractivity contribution in [2.75, 3.05) is 0 Å². The van der Waals surface area contributed by atoms with Gasteiger partial charge in [-0.25, -0.2) is 0 Å². The first-order valence-corrected chi connectivity index (χ1v) is 21.5. The van der Waals surface area contributed by atoms with Gasteiger partial charge in [0.15, 0.2) is 0 Å². The third kappa shape index (κ3) is 6.73. The number of nitrogens with zero attached hydrogens (tertiary/aromatic N) is 2. The fourth-order valence-electron chi connectivity index (χ4n) is 5.29. The molecule has 7 aromatic rings. The fourth-order valence-corrected chi connectivity index (χ4v) is 8.88. The van der Waals surface area contributed by atoms with Crippen molar-refractivity contribution >= 4 is 39.6 Å². The summed E-state index contributed by atoms with van der Waals surface area (Å²) in [7, 11) is 0. The number of aryl methyl sites for hydroxylation is 1. The summed E-state index contributed by atoms with van der Waals surface area (Å²) in [4.78, 5) is 9.04. The molecule has 0 saturated carbocycles.